The molecule has 18 heavy (non-hydrogen) atoms. The zero-order chi connectivity index (χ0) is 13.0. The van der Waals surface area contributed by atoms with Crippen LogP contribution in [0, 0.1) is 17.1 Å². The van der Waals surface area contributed by atoms with Gasteiger partial charge in [0, 0.05) is 12.2 Å². The lowest BCUT2D eigenvalue weighted by atomic mass is 10.2. The van der Waals surface area contributed by atoms with Gasteiger partial charge in [0.2, 0.25) is 0 Å². The Balaban J connectivity index is 2.09. The van der Waals surface area contributed by atoms with E-state index in [9.17, 15) is 9.50 Å². The number of phenols is 1. The van der Waals surface area contributed by atoms with Gasteiger partial charge in [-0.05, 0) is 35.9 Å². The minimum Gasteiger partial charge on any atom is -0.508 e. The van der Waals surface area contributed by atoms with Crippen molar-refractivity contribution in [2.24, 2.45) is 0 Å². The second kappa shape index (κ2) is 5.19. The Kier molecular flexibility index (Phi) is 3.44. The van der Waals surface area contributed by atoms with E-state index in [2.05, 4.69) is 5.32 Å². The van der Waals surface area contributed by atoms with Gasteiger partial charge in [-0.3, -0.25) is 0 Å². The van der Waals surface area contributed by atoms with E-state index in [4.69, 9.17) is 5.26 Å². The number of halogens is 1. The fourth-order valence-corrected chi connectivity index (χ4v) is 1.59. The fourth-order valence-electron chi connectivity index (χ4n) is 1.59. The molecule has 0 aromatic heterocycles. The van der Waals surface area contributed by atoms with E-state index in [-0.39, 0.29) is 11.3 Å². The number of rotatable bonds is 3. The van der Waals surface area contributed by atoms with Crippen LogP contribution in [0.5, 0.6) is 5.75 Å². The molecule has 4 heteroatoms. The zero-order valence-electron chi connectivity index (χ0n) is 9.52. The van der Waals surface area contributed by atoms with Crippen LogP contribution < -0.4 is 5.32 Å². The summed E-state index contributed by atoms with van der Waals surface area (Å²) >= 11 is 0. The molecule has 0 aliphatic heterocycles. The summed E-state index contributed by atoms with van der Waals surface area (Å²) in [6, 6.07) is 12.9. The van der Waals surface area contributed by atoms with E-state index in [1.165, 1.54) is 12.1 Å². The minimum atomic E-state index is -0.527. The van der Waals surface area contributed by atoms with Gasteiger partial charge < -0.3 is 10.4 Å². The number of nitriles is 1. The lowest BCUT2D eigenvalue weighted by Gasteiger charge is -2.07. The van der Waals surface area contributed by atoms with Crippen molar-refractivity contribution in [1.29, 1.82) is 5.26 Å². The Bertz CT molecular complexity index is 605. The molecular weight excluding hydrogens is 231 g/mol. The van der Waals surface area contributed by atoms with Gasteiger partial charge >= 0.3 is 0 Å². The van der Waals surface area contributed by atoms with Crippen molar-refractivity contribution < 1.29 is 9.50 Å². The summed E-state index contributed by atoms with van der Waals surface area (Å²) in [4.78, 5) is 0. The molecular formula is C14H11FN2O. The average Bonchev–Trinajstić information content (AvgIpc) is 2.38. The Morgan fingerprint density at radius 1 is 1.22 bits per heavy atom. The summed E-state index contributed by atoms with van der Waals surface area (Å²) in [6.07, 6.45) is 0. The molecule has 0 fully saturated rings. The number of nitrogens with zero attached hydrogens (tertiary/aromatic N) is 1. The van der Waals surface area contributed by atoms with Crippen LogP contribution in [0.3, 0.4) is 0 Å². The summed E-state index contributed by atoms with van der Waals surface area (Å²) in [5.74, 6) is -0.327. The number of aromatic hydroxyl groups is 1. The SMILES string of the molecule is N#Cc1cc(NCc2cccc(O)c2)ccc1F. The predicted molar refractivity (Wildman–Crippen MR) is 66.5 cm³/mol. The van der Waals surface area contributed by atoms with Crippen molar-refractivity contribution in [3.05, 3.63) is 59.4 Å². The summed E-state index contributed by atoms with van der Waals surface area (Å²) in [7, 11) is 0. The highest BCUT2D eigenvalue weighted by atomic mass is 19.1. The number of hydrogen-bond donors (Lipinski definition) is 2. The van der Waals surface area contributed by atoms with E-state index in [0.717, 1.165) is 5.56 Å². The van der Waals surface area contributed by atoms with Crippen LogP contribution >= 0.6 is 0 Å². The lowest BCUT2D eigenvalue weighted by molar-refractivity contribution is 0.474. The topological polar surface area (TPSA) is 56.0 Å². The van der Waals surface area contributed by atoms with Crippen LogP contribution in [0.25, 0.3) is 0 Å². The van der Waals surface area contributed by atoms with E-state index in [0.29, 0.717) is 12.2 Å². The van der Waals surface area contributed by atoms with Gasteiger partial charge in [0.25, 0.3) is 0 Å². The highest BCUT2D eigenvalue weighted by Gasteiger charge is 2.02. The van der Waals surface area contributed by atoms with Gasteiger partial charge in [-0.2, -0.15) is 5.26 Å². The number of phenolic OH excluding ortho intramolecular Hbond substituents is 1. The zero-order valence-corrected chi connectivity index (χ0v) is 9.52. The molecule has 0 saturated heterocycles. The summed E-state index contributed by atoms with van der Waals surface area (Å²) in [5, 5.41) is 21.1. The fraction of sp³-hybridized carbons (Fsp3) is 0.0714. The lowest BCUT2D eigenvalue weighted by Crippen LogP contribution is -2.00. The monoisotopic (exact) mass is 242 g/mol. The second-order valence-electron chi connectivity index (χ2n) is 3.83. The largest absolute Gasteiger partial charge is 0.508 e. The summed E-state index contributed by atoms with van der Waals surface area (Å²) in [5.41, 5.74) is 1.57. The van der Waals surface area contributed by atoms with Gasteiger partial charge in [-0.25, -0.2) is 4.39 Å². The third kappa shape index (κ3) is 2.77. The quantitative estimate of drug-likeness (QED) is 0.869. The number of anilines is 1. The van der Waals surface area contributed by atoms with Gasteiger partial charge in [0.1, 0.15) is 17.6 Å². The molecule has 0 bridgehead atoms. The maximum absolute atomic E-state index is 13.1. The number of nitrogens with one attached hydrogen (secondary N) is 1. The summed E-state index contributed by atoms with van der Waals surface area (Å²) < 4.78 is 13.1. The van der Waals surface area contributed by atoms with Crippen molar-refractivity contribution >= 4 is 5.69 Å². The normalized spacial score (nSPS) is 9.78. The molecule has 2 rings (SSSR count). The van der Waals surface area contributed by atoms with E-state index in [1.807, 2.05) is 6.07 Å². The van der Waals surface area contributed by atoms with Crippen LogP contribution in [0.1, 0.15) is 11.1 Å². The molecule has 90 valence electrons. The second-order valence-corrected chi connectivity index (χ2v) is 3.83. The molecule has 0 aliphatic rings. The third-order valence-electron chi connectivity index (χ3n) is 2.49. The third-order valence-corrected chi connectivity index (χ3v) is 2.49. The van der Waals surface area contributed by atoms with Gasteiger partial charge in [-0.1, -0.05) is 12.1 Å². The molecule has 0 aliphatic carbocycles. The summed E-state index contributed by atoms with van der Waals surface area (Å²) in [6.45, 7) is 0.491. The standard InChI is InChI=1S/C14H11FN2O/c15-14-5-4-12(7-11(14)8-16)17-9-10-2-1-3-13(18)6-10/h1-7,17-18H,9H2. The highest BCUT2D eigenvalue weighted by molar-refractivity contribution is 5.50. The van der Waals surface area contributed by atoms with Crippen LogP contribution in [0.2, 0.25) is 0 Å². The van der Waals surface area contributed by atoms with Crippen molar-refractivity contribution in [2.45, 2.75) is 6.54 Å². The first kappa shape index (κ1) is 11.9. The van der Waals surface area contributed by atoms with Crippen LogP contribution in [-0.4, -0.2) is 5.11 Å². The van der Waals surface area contributed by atoms with E-state index in [1.54, 1.807) is 30.3 Å². The molecule has 3 nitrogen and oxygen atoms in total. The van der Waals surface area contributed by atoms with Crippen molar-refractivity contribution in [2.75, 3.05) is 5.32 Å². The maximum atomic E-state index is 13.1. The average molecular weight is 242 g/mol. The smallest absolute Gasteiger partial charge is 0.141 e. The number of hydrogen-bond acceptors (Lipinski definition) is 3. The Morgan fingerprint density at radius 2 is 2.06 bits per heavy atom. The molecule has 0 heterocycles. The molecule has 2 aromatic carbocycles. The molecule has 0 amide bonds. The maximum Gasteiger partial charge on any atom is 0.141 e. The Morgan fingerprint density at radius 3 is 2.78 bits per heavy atom. The van der Waals surface area contributed by atoms with Gasteiger partial charge in [0.15, 0.2) is 0 Å². The molecule has 2 aromatic rings. The molecule has 0 saturated carbocycles. The minimum absolute atomic E-state index is 0.0101. The first-order valence-corrected chi connectivity index (χ1v) is 5.40. The first-order chi connectivity index (χ1) is 8.69. The van der Waals surface area contributed by atoms with Crippen molar-refractivity contribution in [3.63, 3.8) is 0 Å². The highest BCUT2D eigenvalue weighted by Crippen LogP contribution is 2.16. The Labute approximate surface area is 104 Å². The van der Waals surface area contributed by atoms with Gasteiger partial charge in [-0.15, -0.1) is 0 Å². The van der Waals surface area contributed by atoms with Crippen molar-refractivity contribution in [3.8, 4) is 11.8 Å². The molecule has 0 unspecified atom stereocenters. The predicted octanol–water partition coefficient (Wildman–Crippen LogP) is 3.02. The van der Waals surface area contributed by atoms with Gasteiger partial charge in [0.05, 0.1) is 5.56 Å². The first-order valence-electron chi connectivity index (χ1n) is 5.40. The molecule has 0 spiro atoms. The number of benzene rings is 2. The molecule has 0 radical (unpaired) electrons. The van der Waals surface area contributed by atoms with Crippen molar-refractivity contribution in [1.82, 2.24) is 0 Å². The van der Waals surface area contributed by atoms with Crippen LogP contribution in [-0.2, 0) is 6.54 Å². The van der Waals surface area contributed by atoms with E-state index < -0.39 is 5.82 Å². The molecule has 2 N–H and O–H groups in total. The van der Waals surface area contributed by atoms with Crippen LogP contribution in [0.15, 0.2) is 42.5 Å². The van der Waals surface area contributed by atoms with Crippen LogP contribution in [0.4, 0.5) is 10.1 Å². The Hall–Kier alpha value is -2.54. The molecule has 0 atom stereocenters. The van der Waals surface area contributed by atoms with E-state index >= 15 is 0 Å².